The third-order valence-electron chi connectivity index (χ3n) is 1.09. The van der Waals surface area contributed by atoms with Crippen molar-refractivity contribution in [1.29, 1.82) is 0 Å². The summed E-state index contributed by atoms with van der Waals surface area (Å²) in [4.78, 5) is 33.8. The molecule has 0 heterocycles. The second-order valence-electron chi connectivity index (χ2n) is 3.14. The fourth-order valence-corrected chi connectivity index (χ4v) is 3.11. The zero-order valence-electron chi connectivity index (χ0n) is 6.86. The Kier molecular flexibility index (Phi) is 3.86. The van der Waals surface area contributed by atoms with E-state index in [4.69, 9.17) is 19.6 Å². The minimum Gasteiger partial charge on any atom is -0.389 e. The van der Waals surface area contributed by atoms with Gasteiger partial charge in [0.1, 0.15) is 0 Å². The first-order chi connectivity index (χ1) is 5.41. The van der Waals surface area contributed by atoms with E-state index in [2.05, 4.69) is 0 Å². The SMILES string of the molecule is CC(O)(CP(=O)(O)O)CP(=O)(O)O. The largest absolute Gasteiger partial charge is 0.389 e. The molecule has 0 rings (SSSR count). The fourth-order valence-electron chi connectivity index (χ4n) is 0.937. The molecule has 7 nitrogen and oxygen atoms in total. The van der Waals surface area contributed by atoms with Gasteiger partial charge in [-0.3, -0.25) is 9.13 Å². The summed E-state index contributed by atoms with van der Waals surface area (Å²) in [6.45, 7) is 0.963. The zero-order valence-corrected chi connectivity index (χ0v) is 8.65. The van der Waals surface area contributed by atoms with Gasteiger partial charge in [-0.25, -0.2) is 0 Å². The molecule has 0 atom stereocenters. The molecule has 0 saturated heterocycles. The van der Waals surface area contributed by atoms with E-state index >= 15 is 0 Å². The molecule has 0 spiro atoms. The van der Waals surface area contributed by atoms with E-state index < -0.39 is 33.1 Å². The lowest BCUT2D eigenvalue weighted by Crippen LogP contribution is -2.33. The molecule has 0 aliphatic heterocycles. The minimum atomic E-state index is -4.47. The first-order valence-electron chi connectivity index (χ1n) is 3.23. The third-order valence-corrected chi connectivity index (χ3v) is 3.28. The maximum atomic E-state index is 10.4. The summed E-state index contributed by atoms with van der Waals surface area (Å²) < 4.78 is 20.8. The van der Waals surface area contributed by atoms with Gasteiger partial charge < -0.3 is 24.7 Å². The maximum absolute atomic E-state index is 10.4. The highest BCUT2D eigenvalue weighted by molar-refractivity contribution is 7.53. The monoisotopic (exact) mass is 234 g/mol. The van der Waals surface area contributed by atoms with Crippen LogP contribution in [0.15, 0.2) is 0 Å². The minimum absolute atomic E-state index is 0.963. The molecule has 0 amide bonds. The summed E-state index contributed by atoms with van der Waals surface area (Å²) in [6.07, 6.45) is -1.93. The Morgan fingerprint density at radius 1 is 1.00 bits per heavy atom. The van der Waals surface area contributed by atoms with Crippen molar-refractivity contribution in [2.45, 2.75) is 12.5 Å². The zero-order chi connectivity index (χ0) is 10.9. The summed E-state index contributed by atoms with van der Waals surface area (Å²) >= 11 is 0. The first kappa shape index (κ1) is 13.3. The average Bonchev–Trinajstić information content (AvgIpc) is 1.43. The average molecular weight is 234 g/mol. The van der Waals surface area contributed by atoms with E-state index in [1.165, 1.54) is 0 Å². The molecule has 0 fully saturated rings. The van der Waals surface area contributed by atoms with Crippen LogP contribution in [-0.4, -0.2) is 42.6 Å². The van der Waals surface area contributed by atoms with E-state index in [0.29, 0.717) is 0 Å². The molecular weight excluding hydrogens is 222 g/mol. The van der Waals surface area contributed by atoms with Gasteiger partial charge in [0.05, 0.1) is 17.9 Å². The molecule has 0 aliphatic carbocycles. The topological polar surface area (TPSA) is 135 Å². The van der Waals surface area contributed by atoms with Gasteiger partial charge in [-0.2, -0.15) is 0 Å². The van der Waals surface area contributed by atoms with E-state index in [1.54, 1.807) is 0 Å². The van der Waals surface area contributed by atoms with Crippen molar-refractivity contribution in [3.05, 3.63) is 0 Å². The van der Waals surface area contributed by atoms with Gasteiger partial charge in [0.2, 0.25) is 0 Å². The van der Waals surface area contributed by atoms with E-state index in [9.17, 15) is 14.2 Å². The van der Waals surface area contributed by atoms with Crippen molar-refractivity contribution < 1.29 is 33.8 Å². The van der Waals surface area contributed by atoms with Crippen LogP contribution >= 0.6 is 15.2 Å². The normalized spacial score (nSPS) is 14.6. The Balaban J connectivity index is 4.43. The second kappa shape index (κ2) is 3.79. The quantitative estimate of drug-likeness (QED) is 0.397. The van der Waals surface area contributed by atoms with Crippen LogP contribution in [0.25, 0.3) is 0 Å². The molecular formula is C4H12O7P2. The lowest BCUT2D eigenvalue weighted by molar-refractivity contribution is 0.0964. The molecule has 0 aromatic rings. The maximum Gasteiger partial charge on any atom is 0.328 e. The summed E-state index contributed by atoms with van der Waals surface area (Å²) in [5.74, 6) is 0. The Bertz CT molecular complexity index is 234. The molecule has 5 N–H and O–H groups in total. The summed E-state index contributed by atoms with van der Waals surface area (Å²) in [5.41, 5.74) is -2.06. The lowest BCUT2D eigenvalue weighted by atomic mass is 10.2. The summed E-state index contributed by atoms with van der Waals surface area (Å²) in [5, 5.41) is 9.20. The number of hydrogen-bond donors (Lipinski definition) is 5. The molecule has 0 radical (unpaired) electrons. The third kappa shape index (κ3) is 8.59. The standard InChI is InChI=1S/C4H12O7P2/c1-4(5,2-12(6,7)8)3-13(9,10)11/h5H,2-3H2,1H3,(H2,6,7,8)(H2,9,10,11). The van der Waals surface area contributed by atoms with Crippen molar-refractivity contribution >= 4 is 15.2 Å². The molecule has 80 valence electrons. The van der Waals surface area contributed by atoms with Gasteiger partial charge in [-0.15, -0.1) is 0 Å². The Morgan fingerprint density at radius 3 is 1.38 bits per heavy atom. The van der Waals surface area contributed by atoms with Crippen molar-refractivity contribution in [3.8, 4) is 0 Å². The van der Waals surface area contributed by atoms with Crippen molar-refractivity contribution in [1.82, 2.24) is 0 Å². The number of rotatable bonds is 4. The Labute approximate surface area is 74.7 Å². The van der Waals surface area contributed by atoms with Crippen molar-refractivity contribution in [3.63, 3.8) is 0 Å². The predicted molar refractivity (Wildman–Crippen MR) is 44.4 cm³/mol. The molecule has 0 aromatic carbocycles. The molecule has 13 heavy (non-hydrogen) atoms. The van der Waals surface area contributed by atoms with Gasteiger partial charge in [0, 0.05) is 0 Å². The van der Waals surface area contributed by atoms with Crippen LogP contribution in [0.5, 0.6) is 0 Å². The van der Waals surface area contributed by atoms with Crippen LogP contribution in [0, 0.1) is 0 Å². The summed E-state index contributed by atoms with van der Waals surface area (Å²) in [6, 6.07) is 0. The van der Waals surface area contributed by atoms with Crippen LogP contribution in [0.2, 0.25) is 0 Å². The highest BCUT2D eigenvalue weighted by Crippen LogP contribution is 2.44. The molecule has 0 unspecified atom stereocenters. The van der Waals surface area contributed by atoms with Gasteiger partial charge in [-0.05, 0) is 6.92 Å². The smallest absolute Gasteiger partial charge is 0.328 e. The Hall–Kier alpha value is 0.260. The van der Waals surface area contributed by atoms with Gasteiger partial charge in [0.15, 0.2) is 0 Å². The molecule has 0 saturated carbocycles. The van der Waals surface area contributed by atoms with Crippen LogP contribution in [0.4, 0.5) is 0 Å². The van der Waals surface area contributed by atoms with Gasteiger partial charge >= 0.3 is 15.2 Å². The summed E-state index contributed by atoms with van der Waals surface area (Å²) in [7, 11) is -8.93. The molecule has 9 heteroatoms. The van der Waals surface area contributed by atoms with E-state index in [-0.39, 0.29) is 0 Å². The van der Waals surface area contributed by atoms with Gasteiger partial charge in [-0.1, -0.05) is 0 Å². The number of aliphatic hydroxyl groups is 1. The fraction of sp³-hybridized carbons (Fsp3) is 1.00. The van der Waals surface area contributed by atoms with Crippen LogP contribution in [0.3, 0.4) is 0 Å². The van der Waals surface area contributed by atoms with Crippen LogP contribution in [0.1, 0.15) is 6.92 Å². The predicted octanol–water partition coefficient (Wildman–Crippen LogP) is -0.907. The lowest BCUT2D eigenvalue weighted by Gasteiger charge is -2.23. The highest BCUT2D eigenvalue weighted by Gasteiger charge is 2.36. The van der Waals surface area contributed by atoms with Crippen LogP contribution < -0.4 is 0 Å². The van der Waals surface area contributed by atoms with E-state index in [0.717, 1.165) is 6.92 Å². The molecule has 0 aliphatic rings. The Morgan fingerprint density at radius 2 is 1.23 bits per heavy atom. The van der Waals surface area contributed by atoms with Crippen LogP contribution in [-0.2, 0) is 9.13 Å². The van der Waals surface area contributed by atoms with Gasteiger partial charge in [0.25, 0.3) is 0 Å². The molecule has 0 aromatic heterocycles. The van der Waals surface area contributed by atoms with Crippen molar-refractivity contribution in [2.24, 2.45) is 0 Å². The highest BCUT2D eigenvalue weighted by atomic mass is 31.2. The van der Waals surface area contributed by atoms with E-state index in [1.807, 2.05) is 0 Å². The van der Waals surface area contributed by atoms with Crippen molar-refractivity contribution in [2.75, 3.05) is 12.3 Å². The number of hydrogen-bond acceptors (Lipinski definition) is 3. The molecule has 0 bridgehead atoms. The second-order valence-corrected chi connectivity index (χ2v) is 6.43. The first-order valence-corrected chi connectivity index (χ1v) is 6.82.